The van der Waals surface area contributed by atoms with Gasteiger partial charge in [-0.2, -0.15) is 0 Å². The van der Waals surface area contributed by atoms with Crippen LogP contribution in [-0.4, -0.2) is 45.3 Å². The van der Waals surface area contributed by atoms with Crippen molar-refractivity contribution in [3.05, 3.63) is 46.5 Å². The Morgan fingerprint density at radius 2 is 1.97 bits per heavy atom. The fraction of sp³-hybridized carbons (Fsp3) is 0.542. The predicted octanol–water partition coefficient (Wildman–Crippen LogP) is 4.11. The summed E-state index contributed by atoms with van der Waals surface area (Å²) in [5.41, 5.74) is 2.67. The average Bonchev–Trinajstić information content (AvgIpc) is 3.05. The molecular formula is C24H28ClN3O2S. The van der Waals surface area contributed by atoms with E-state index < -0.39 is 10.8 Å². The Balaban J connectivity index is 1.18. The van der Waals surface area contributed by atoms with Gasteiger partial charge in [-0.15, -0.1) is 0 Å². The highest BCUT2D eigenvalue weighted by atomic mass is 35.5. The monoisotopic (exact) mass is 457 g/mol. The zero-order chi connectivity index (χ0) is 21.2. The van der Waals surface area contributed by atoms with Gasteiger partial charge in [-0.05, 0) is 73.8 Å². The largest absolute Gasteiger partial charge is 0.394 e. The van der Waals surface area contributed by atoms with Crippen molar-refractivity contribution in [3.8, 4) is 0 Å². The van der Waals surface area contributed by atoms with E-state index in [0.29, 0.717) is 17.1 Å². The molecule has 7 heteroatoms. The van der Waals surface area contributed by atoms with Crippen molar-refractivity contribution in [2.24, 2.45) is 5.41 Å². The normalized spacial score (nSPS) is 25.5. The number of pyridine rings is 1. The van der Waals surface area contributed by atoms with E-state index in [0.717, 1.165) is 65.9 Å². The van der Waals surface area contributed by atoms with E-state index in [1.54, 1.807) is 0 Å². The lowest BCUT2D eigenvalue weighted by molar-refractivity contribution is 0.0627. The van der Waals surface area contributed by atoms with Crippen molar-refractivity contribution in [2.75, 3.05) is 35.7 Å². The highest BCUT2D eigenvalue weighted by Gasteiger charge is 2.53. The Kier molecular flexibility index (Phi) is 4.64. The topological polar surface area (TPSA) is 65.5 Å². The van der Waals surface area contributed by atoms with Crippen molar-refractivity contribution in [2.45, 2.75) is 54.9 Å². The fourth-order valence-corrected chi connectivity index (χ4v) is 7.38. The fourth-order valence-electron chi connectivity index (χ4n) is 5.88. The van der Waals surface area contributed by atoms with Gasteiger partial charge in [0, 0.05) is 29.3 Å². The molecule has 164 valence electrons. The lowest BCUT2D eigenvalue weighted by atomic mass is 9.56. The van der Waals surface area contributed by atoms with E-state index in [1.165, 1.54) is 18.4 Å². The first-order valence-corrected chi connectivity index (χ1v) is 13.0. The standard InChI is InChI=1S/C24H28ClN3O2S/c25-19-4-2-16(3-5-19)18-11-23(12-18)13-28(14-23)20-10-17-6-9-31(30)21(17)22(26-20)27-24(15-29)7-1-8-24/h2-5,10,18,29H,1,6-9,11-15H2,(H,26,27)/t31-/m0/s1. The number of aryl methyl sites for hydroxylation is 1. The summed E-state index contributed by atoms with van der Waals surface area (Å²) < 4.78 is 12.6. The van der Waals surface area contributed by atoms with Gasteiger partial charge < -0.3 is 15.3 Å². The number of rotatable bonds is 5. The molecule has 2 aliphatic heterocycles. The molecule has 2 aromatic rings. The summed E-state index contributed by atoms with van der Waals surface area (Å²) in [6.45, 7) is 2.17. The number of fused-ring (bicyclic) bond motifs is 1. The van der Waals surface area contributed by atoms with Crippen molar-refractivity contribution in [1.82, 2.24) is 4.98 Å². The van der Waals surface area contributed by atoms with Crippen LogP contribution in [0.5, 0.6) is 0 Å². The van der Waals surface area contributed by atoms with Crippen LogP contribution in [0.2, 0.25) is 5.02 Å². The van der Waals surface area contributed by atoms with Gasteiger partial charge in [-0.3, -0.25) is 4.21 Å². The molecule has 2 saturated carbocycles. The number of aliphatic hydroxyl groups is 1. The maximum atomic E-state index is 12.6. The maximum absolute atomic E-state index is 12.6. The molecule has 0 bridgehead atoms. The molecule has 31 heavy (non-hydrogen) atoms. The Hall–Kier alpha value is -1.63. The molecular weight excluding hydrogens is 430 g/mol. The second-order valence-electron chi connectivity index (χ2n) is 10.0. The van der Waals surface area contributed by atoms with Gasteiger partial charge in [-0.1, -0.05) is 23.7 Å². The zero-order valence-electron chi connectivity index (χ0n) is 17.6. The zero-order valence-corrected chi connectivity index (χ0v) is 19.1. The minimum Gasteiger partial charge on any atom is -0.394 e. The van der Waals surface area contributed by atoms with Crippen LogP contribution in [0.25, 0.3) is 0 Å². The molecule has 6 rings (SSSR count). The smallest absolute Gasteiger partial charge is 0.145 e. The Bertz CT molecular complexity index is 1030. The van der Waals surface area contributed by atoms with Crippen molar-refractivity contribution >= 4 is 34.0 Å². The number of aliphatic hydroxyl groups excluding tert-OH is 1. The van der Waals surface area contributed by atoms with E-state index >= 15 is 0 Å². The number of hydrogen-bond donors (Lipinski definition) is 2. The summed E-state index contributed by atoms with van der Waals surface area (Å²) in [6, 6.07) is 10.5. The molecule has 2 N–H and O–H groups in total. The van der Waals surface area contributed by atoms with Gasteiger partial charge in [0.1, 0.15) is 11.6 Å². The summed E-state index contributed by atoms with van der Waals surface area (Å²) >= 11 is 6.03. The van der Waals surface area contributed by atoms with Gasteiger partial charge in [-0.25, -0.2) is 4.98 Å². The molecule has 0 unspecified atom stereocenters. The number of halogens is 1. The van der Waals surface area contributed by atoms with E-state index in [-0.39, 0.29) is 12.1 Å². The molecule has 1 saturated heterocycles. The minimum atomic E-state index is -0.997. The third kappa shape index (κ3) is 3.30. The minimum absolute atomic E-state index is 0.0965. The molecule has 1 aromatic heterocycles. The molecule has 0 radical (unpaired) electrons. The van der Waals surface area contributed by atoms with Crippen LogP contribution in [0.4, 0.5) is 11.6 Å². The number of nitrogens with zero attached hydrogens (tertiary/aromatic N) is 2. The Morgan fingerprint density at radius 1 is 1.23 bits per heavy atom. The number of benzene rings is 1. The van der Waals surface area contributed by atoms with Crippen LogP contribution in [0.1, 0.15) is 49.1 Å². The van der Waals surface area contributed by atoms with Gasteiger partial charge in [0.2, 0.25) is 0 Å². The van der Waals surface area contributed by atoms with Gasteiger partial charge in [0.15, 0.2) is 0 Å². The molecule has 0 amide bonds. The molecule has 2 aliphatic carbocycles. The number of aromatic nitrogens is 1. The third-order valence-electron chi connectivity index (χ3n) is 7.89. The summed E-state index contributed by atoms with van der Waals surface area (Å²) in [7, 11) is -0.997. The summed E-state index contributed by atoms with van der Waals surface area (Å²) in [6.07, 6.45) is 6.28. The molecule has 5 nitrogen and oxygen atoms in total. The third-order valence-corrected chi connectivity index (χ3v) is 9.63. The van der Waals surface area contributed by atoms with Crippen molar-refractivity contribution in [3.63, 3.8) is 0 Å². The quantitative estimate of drug-likeness (QED) is 0.707. The van der Waals surface area contributed by atoms with Crippen LogP contribution < -0.4 is 10.2 Å². The molecule has 4 aliphatic rings. The van der Waals surface area contributed by atoms with Crippen LogP contribution in [0.15, 0.2) is 35.2 Å². The molecule has 1 spiro atoms. The molecule has 3 fully saturated rings. The van der Waals surface area contributed by atoms with Crippen molar-refractivity contribution < 1.29 is 9.32 Å². The number of anilines is 2. The molecule has 1 atom stereocenters. The molecule has 1 aromatic carbocycles. The van der Waals surface area contributed by atoms with Crippen LogP contribution in [0.3, 0.4) is 0 Å². The maximum Gasteiger partial charge on any atom is 0.145 e. The first-order chi connectivity index (χ1) is 15.0. The Labute approximate surface area is 190 Å². The number of hydrogen-bond acceptors (Lipinski definition) is 5. The van der Waals surface area contributed by atoms with Gasteiger partial charge in [0.05, 0.1) is 27.8 Å². The van der Waals surface area contributed by atoms with Gasteiger partial charge >= 0.3 is 0 Å². The van der Waals surface area contributed by atoms with Gasteiger partial charge in [0.25, 0.3) is 0 Å². The van der Waals surface area contributed by atoms with E-state index in [2.05, 4.69) is 28.4 Å². The lowest BCUT2D eigenvalue weighted by Gasteiger charge is -2.59. The number of nitrogens with one attached hydrogen (secondary N) is 1. The van der Waals surface area contributed by atoms with Crippen LogP contribution in [-0.2, 0) is 17.2 Å². The predicted molar refractivity (Wildman–Crippen MR) is 125 cm³/mol. The van der Waals surface area contributed by atoms with Crippen molar-refractivity contribution in [1.29, 1.82) is 0 Å². The van der Waals surface area contributed by atoms with Crippen LogP contribution in [0, 0.1) is 5.41 Å². The first-order valence-electron chi connectivity index (χ1n) is 11.3. The highest BCUT2D eigenvalue weighted by Crippen LogP contribution is 2.57. The second kappa shape index (κ2) is 7.19. The lowest BCUT2D eigenvalue weighted by Crippen LogP contribution is -2.62. The van der Waals surface area contributed by atoms with E-state index in [1.807, 2.05) is 12.1 Å². The first kappa shape index (κ1) is 20.0. The second-order valence-corrected chi connectivity index (χ2v) is 12.0. The van der Waals surface area contributed by atoms with Crippen LogP contribution >= 0.6 is 11.6 Å². The SMILES string of the molecule is O=[S@]1CCc2cc(N3CC4(CC(c5ccc(Cl)cc5)C4)C3)nc(NC3(CO)CCC3)c21. The van der Waals surface area contributed by atoms with E-state index in [4.69, 9.17) is 16.6 Å². The summed E-state index contributed by atoms with van der Waals surface area (Å²) in [4.78, 5) is 8.18. The Morgan fingerprint density at radius 3 is 2.61 bits per heavy atom. The van der Waals surface area contributed by atoms with E-state index in [9.17, 15) is 9.32 Å². The highest BCUT2D eigenvalue weighted by molar-refractivity contribution is 7.85. The molecule has 3 heterocycles. The summed E-state index contributed by atoms with van der Waals surface area (Å²) in [5.74, 6) is 3.04. The average molecular weight is 458 g/mol. The summed E-state index contributed by atoms with van der Waals surface area (Å²) in [5, 5.41) is 14.2.